The summed E-state index contributed by atoms with van der Waals surface area (Å²) >= 11 is 6.05. The van der Waals surface area contributed by atoms with Gasteiger partial charge in [0.25, 0.3) is 15.7 Å². The third kappa shape index (κ3) is 6.96. The fraction of sp³-hybridized carbons (Fsp3) is 0.174. The number of sulfonamides is 2. The molecule has 37 heavy (non-hydrogen) atoms. The second-order valence-electron chi connectivity index (χ2n) is 8.14. The average Bonchev–Trinajstić information content (AvgIpc) is 2.80. The maximum atomic E-state index is 12.7. The smallest absolute Gasteiger partial charge is 0.271 e. The molecule has 0 aliphatic carbocycles. The van der Waals surface area contributed by atoms with E-state index in [1.807, 2.05) is 0 Å². The molecule has 3 rings (SSSR count). The van der Waals surface area contributed by atoms with Gasteiger partial charge in [0, 0.05) is 22.8 Å². The molecule has 0 radical (unpaired) electrons. The number of rotatable bonds is 9. The zero-order valence-electron chi connectivity index (χ0n) is 19.9. The molecule has 0 saturated carbocycles. The van der Waals surface area contributed by atoms with E-state index in [1.54, 1.807) is 26.0 Å². The van der Waals surface area contributed by atoms with Crippen LogP contribution >= 0.6 is 11.6 Å². The second kappa shape index (κ2) is 10.7. The summed E-state index contributed by atoms with van der Waals surface area (Å²) < 4.78 is 53.3. The highest BCUT2D eigenvalue weighted by atomic mass is 35.5. The van der Waals surface area contributed by atoms with Crippen LogP contribution in [0.1, 0.15) is 11.1 Å². The first-order valence-electron chi connectivity index (χ1n) is 10.6. The minimum atomic E-state index is -3.98. The van der Waals surface area contributed by atoms with Crippen molar-refractivity contribution < 1.29 is 26.6 Å². The van der Waals surface area contributed by atoms with Gasteiger partial charge < -0.3 is 5.32 Å². The third-order valence-electron chi connectivity index (χ3n) is 5.23. The Labute approximate surface area is 219 Å². The van der Waals surface area contributed by atoms with Crippen molar-refractivity contribution in [3.63, 3.8) is 0 Å². The monoisotopic (exact) mass is 566 g/mol. The number of nitro groups is 1. The molecule has 0 atom stereocenters. The lowest BCUT2D eigenvalue weighted by Crippen LogP contribution is -2.37. The van der Waals surface area contributed by atoms with Gasteiger partial charge in [0.05, 0.1) is 27.4 Å². The first kappa shape index (κ1) is 27.9. The zero-order chi connectivity index (χ0) is 27.5. The highest BCUT2D eigenvalue weighted by Gasteiger charge is 2.24. The number of carbonyl (C=O) groups is 1. The number of nitrogens with one attached hydrogen (secondary N) is 2. The molecule has 196 valence electrons. The highest BCUT2D eigenvalue weighted by Crippen LogP contribution is 2.28. The van der Waals surface area contributed by atoms with Crippen LogP contribution in [0.5, 0.6) is 0 Å². The Bertz CT molecular complexity index is 1580. The molecule has 0 unspecified atom stereocenters. The van der Waals surface area contributed by atoms with Crippen LogP contribution in [0.4, 0.5) is 22.7 Å². The van der Waals surface area contributed by atoms with E-state index in [9.17, 15) is 31.7 Å². The Morgan fingerprint density at radius 2 is 1.54 bits per heavy atom. The molecule has 0 saturated heterocycles. The minimum Gasteiger partial charge on any atom is -0.325 e. The summed E-state index contributed by atoms with van der Waals surface area (Å²) in [4.78, 5) is 23.1. The number of benzene rings is 3. The van der Waals surface area contributed by atoms with Crippen molar-refractivity contribution in [2.75, 3.05) is 27.1 Å². The second-order valence-corrected chi connectivity index (χ2v) is 12.1. The van der Waals surface area contributed by atoms with Crippen LogP contribution in [0.25, 0.3) is 0 Å². The number of halogens is 1. The molecular formula is C23H23ClN4O7S2. The number of hydrogen-bond acceptors (Lipinski definition) is 7. The van der Waals surface area contributed by atoms with Gasteiger partial charge in [0.15, 0.2) is 0 Å². The molecule has 0 aromatic heterocycles. The van der Waals surface area contributed by atoms with Crippen molar-refractivity contribution in [1.82, 2.24) is 0 Å². The van der Waals surface area contributed by atoms with E-state index in [1.165, 1.54) is 42.5 Å². The molecule has 0 aliphatic rings. The van der Waals surface area contributed by atoms with Crippen LogP contribution in [0, 0.1) is 24.0 Å². The topological polar surface area (TPSA) is 156 Å². The molecule has 2 N–H and O–H groups in total. The zero-order valence-corrected chi connectivity index (χ0v) is 22.3. The fourth-order valence-corrected chi connectivity index (χ4v) is 5.42. The number of amides is 1. The van der Waals surface area contributed by atoms with Crippen LogP contribution in [-0.2, 0) is 24.8 Å². The largest absolute Gasteiger partial charge is 0.325 e. The fourth-order valence-electron chi connectivity index (χ4n) is 3.28. The van der Waals surface area contributed by atoms with E-state index < -0.39 is 37.4 Å². The molecule has 0 bridgehead atoms. The van der Waals surface area contributed by atoms with Gasteiger partial charge in [-0.25, -0.2) is 16.8 Å². The van der Waals surface area contributed by atoms with Gasteiger partial charge in [-0.05, 0) is 61.4 Å². The van der Waals surface area contributed by atoms with E-state index in [2.05, 4.69) is 10.0 Å². The summed E-state index contributed by atoms with van der Waals surface area (Å²) in [5.74, 6) is -0.737. The SMILES string of the molecule is Cc1ccc(NS(=O)(=O)c2ccc(NC(=O)CN(c3cc([N+](=O)[O-])ccc3C)S(C)(=O)=O)cc2)cc1Cl. The molecule has 1 amide bonds. The highest BCUT2D eigenvalue weighted by molar-refractivity contribution is 7.92. The summed E-state index contributed by atoms with van der Waals surface area (Å²) in [5, 5.41) is 14.0. The number of hydrogen-bond donors (Lipinski definition) is 2. The van der Waals surface area contributed by atoms with Gasteiger partial charge in [-0.2, -0.15) is 0 Å². The van der Waals surface area contributed by atoms with Crippen LogP contribution in [0.15, 0.2) is 65.6 Å². The van der Waals surface area contributed by atoms with Gasteiger partial charge in [-0.1, -0.05) is 23.7 Å². The van der Waals surface area contributed by atoms with Gasteiger partial charge in [0.2, 0.25) is 15.9 Å². The normalized spacial score (nSPS) is 11.6. The summed E-state index contributed by atoms with van der Waals surface area (Å²) in [7, 11) is -7.92. The Morgan fingerprint density at radius 1 is 0.946 bits per heavy atom. The molecular weight excluding hydrogens is 544 g/mol. The van der Waals surface area contributed by atoms with Gasteiger partial charge in [-0.15, -0.1) is 0 Å². The molecule has 0 heterocycles. The van der Waals surface area contributed by atoms with Gasteiger partial charge in [0.1, 0.15) is 6.54 Å². The summed E-state index contributed by atoms with van der Waals surface area (Å²) in [6.07, 6.45) is 0.881. The number of aryl methyl sites for hydroxylation is 2. The van der Waals surface area contributed by atoms with Crippen LogP contribution in [0.3, 0.4) is 0 Å². The Hall–Kier alpha value is -3.68. The average molecular weight is 567 g/mol. The van der Waals surface area contributed by atoms with E-state index in [-0.39, 0.29) is 27.6 Å². The predicted octanol–water partition coefficient (Wildman–Crippen LogP) is 4.07. The maximum absolute atomic E-state index is 12.7. The molecule has 3 aromatic carbocycles. The van der Waals surface area contributed by atoms with E-state index in [0.29, 0.717) is 10.6 Å². The lowest BCUT2D eigenvalue weighted by atomic mass is 10.2. The molecule has 0 fully saturated rings. The molecule has 14 heteroatoms. The quantitative estimate of drug-likeness (QED) is 0.292. The number of nitro benzene ring substituents is 1. The van der Waals surface area contributed by atoms with Gasteiger partial charge in [-0.3, -0.25) is 23.9 Å². The van der Waals surface area contributed by atoms with Crippen molar-refractivity contribution in [1.29, 1.82) is 0 Å². The van der Waals surface area contributed by atoms with E-state index in [4.69, 9.17) is 11.6 Å². The molecule has 11 nitrogen and oxygen atoms in total. The van der Waals surface area contributed by atoms with Crippen LogP contribution in [0.2, 0.25) is 5.02 Å². The van der Waals surface area contributed by atoms with Crippen LogP contribution in [-0.4, -0.2) is 40.5 Å². The third-order valence-corrected chi connectivity index (χ3v) is 8.16. The summed E-state index contributed by atoms with van der Waals surface area (Å²) in [5.41, 5.74) is 1.38. The molecule has 3 aromatic rings. The number of anilines is 3. The number of nitrogens with zero attached hydrogens (tertiary/aromatic N) is 2. The lowest BCUT2D eigenvalue weighted by Gasteiger charge is -2.23. The van der Waals surface area contributed by atoms with E-state index in [0.717, 1.165) is 22.2 Å². The maximum Gasteiger partial charge on any atom is 0.271 e. The minimum absolute atomic E-state index is 0.00410. The lowest BCUT2D eigenvalue weighted by molar-refractivity contribution is -0.384. The molecule has 0 aliphatic heterocycles. The Balaban J connectivity index is 1.76. The van der Waals surface area contributed by atoms with Crippen molar-refractivity contribution in [2.45, 2.75) is 18.7 Å². The van der Waals surface area contributed by atoms with Crippen molar-refractivity contribution in [3.05, 3.63) is 86.9 Å². The van der Waals surface area contributed by atoms with Crippen molar-refractivity contribution >= 4 is 60.3 Å². The molecule has 0 spiro atoms. The first-order valence-corrected chi connectivity index (χ1v) is 14.3. The van der Waals surface area contributed by atoms with E-state index >= 15 is 0 Å². The van der Waals surface area contributed by atoms with Crippen molar-refractivity contribution in [3.8, 4) is 0 Å². The standard InChI is InChI=1S/C23H23ClN4O7S2/c1-15-4-6-18(12-21(15)24)26-37(34,35)20-10-7-17(8-11-20)25-23(29)14-27(36(3,32)33)22-13-19(28(30)31)9-5-16(22)2/h4-13,26H,14H2,1-3H3,(H,25,29). The summed E-state index contributed by atoms with van der Waals surface area (Å²) in [6, 6.07) is 13.7. The van der Waals surface area contributed by atoms with Crippen molar-refractivity contribution in [2.24, 2.45) is 0 Å². The van der Waals surface area contributed by atoms with Gasteiger partial charge >= 0.3 is 0 Å². The summed E-state index contributed by atoms with van der Waals surface area (Å²) in [6.45, 7) is 2.69. The number of carbonyl (C=O) groups excluding carboxylic acids is 1. The Morgan fingerprint density at radius 3 is 2.11 bits per heavy atom. The Kier molecular flexibility index (Phi) is 8.10. The van der Waals surface area contributed by atoms with Crippen LogP contribution < -0.4 is 14.3 Å². The predicted molar refractivity (Wildman–Crippen MR) is 142 cm³/mol. The number of non-ortho nitro benzene ring substituents is 1. The first-order chi connectivity index (χ1) is 17.2.